The van der Waals surface area contributed by atoms with Gasteiger partial charge in [-0.05, 0) is 45.9 Å². The van der Waals surface area contributed by atoms with Crippen molar-refractivity contribution >= 4 is 28.6 Å². The third-order valence-electron chi connectivity index (χ3n) is 4.86. The van der Waals surface area contributed by atoms with E-state index < -0.39 is 11.8 Å². The summed E-state index contributed by atoms with van der Waals surface area (Å²) in [5.41, 5.74) is 3.25. The summed E-state index contributed by atoms with van der Waals surface area (Å²) >= 11 is 0. The lowest BCUT2D eigenvalue weighted by Crippen LogP contribution is -2.54. The molecule has 0 unspecified atom stereocenters. The number of nitrogens with one attached hydrogen (secondary N) is 1. The quantitative estimate of drug-likeness (QED) is 0.801. The Labute approximate surface area is 164 Å². The predicted molar refractivity (Wildman–Crippen MR) is 107 cm³/mol. The lowest BCUT2D eigenvalue weighted by atomic mass is 10.1. The molecule has 1 saturated heterocycles. The SMILES string of the molecule is Cc1ccc2nc(C)c(C(=O)N3CCN(C(=O)C(=O)NC(C)C)CC3)cc2c1. The number of hydrogen-bond donors (Lipinski definition) is 1. The molecule has 3 rings (SSSR count). The zero-order valence-corrected chi connectivity index (χ0v) is 16.8. The van der Waals surface area contributed by atoms with Crippen molar-refractivity contribution in [3.05, 3.63) is 41.1 Å². The standard InChI is InChI=1S/C21H26N4O3/c1-13(2)22-19(26)21(28)25-9-7-24(8-10-25)20(27)17-12-16-11-14(3)5-6-18(16)23-15(17)4/h5-6,11-13H,7-10H2,1-4H3,(H,22,26). The molecule has 1 aliphatic rings. The van der Waals surface area contributed by atoms with Gasteiger partial charge in [0.25, 0.3) is 5.91 Å². The van der Waals surface area contributed by atoms with E-state index in [1.807, 2.05) is 52.0 Å². The molecule has 0 spiro atoms. The first-order valence-corrected chi connectivity index (χ1v) is 9.53. The lowest BCUT2D eigenvalue weighted by Gasteiger charge is -2.34. The maximum Gasteiger partial charge on any atom is 0.312 e. The highest BCUT2D eigenvalue weighted by atomic mass is 16.2. The minimum atomic E-state index is -0.597. The summed E-state index contributed by atoms with van der Waals surface area (Å²) in [5.74, 6) is -1.23. The molecule has 7 heteroatoms. The van der Waals surface area contributed by atoms with Gasteiger partial charge in [0.15, 0.2) is 0 Å². The normalized spacial score (nSPS) is 14.5. The van der Waals surface area contributed by atoms with Crippen LogP contribution in [-0.2, 0) is 9.59 Å². The number of carbonyl (C=O) groups is 3. The van der Waals surface area contributed by atoms with Crippen molar-refractivity contribution < 1.29 is 14.4 Å². The van der Waals surface area contributed by atoms with Gasteiger partial charge in [-0.25, -0.2) is 0 Å². The van der Waals surface area contributed by atoms with Crippen molar-refractivity contribution in [1.29, 1.82) is 0 Å². The highest BCUT2D eigenvalue weighted by molar-refractivity contribution is 6.35. The summed E-state index contributed by atoms with van der Waals surface area (Å²) < 4.78 is 0. The molecule has 0 radical (unpaired) electrons. The number of nitrogens with zero attached hydrogens (tertiary/aromatic N) is 3. The Balaban J connectivity index is 1.70. The van der Waals surface area contributed by atoms with Crippen molar-refractivity contribution in [2.75, 3.05) is 26.2 Å². The Morgan fingerprint density at radius 1 is 1.00 bits per heavy atom. The molecule has 0 aliphatic carbocycles. The zero-order chi connectivity index (χ0) is 20.4. The second-order valence-electron chi connectivity index (χ2n) is 7.53. The summed E-state index contributed by atoms with van der Waals surface area (Å²) in [4.78, 5) is 44.9. The van der Waals surface area contributed by atoms with E-state index in [0.717, 1.165) is 16.5 Å². The molecule has 0 bridgehead atoms. The van der Waals surface area contributed by atoms with Crippen molar-refractivity contribution in [2.45, 2.75) is 33.7 Å². The van der Waals surface area contributed by atoms with Crippen LogP contribution in [0.25, 0.3) is 10.9 Å². The maximum absolute atomic E-state index is 13.0. The molecule has 0 saturated carbocycles. The predicted octanol–water partition coefficient (Wildman–Crippen LogP) is 1.66. The molecule has 2 heterocycles. The molecule has 1 fully saturated rings. The van der Waals surface area contributed by atoms with Crippen LogP contribution in [-0.4, -0.2) is 64.7 Å². The van der Waals surface area contributed by atoms with E-state index in [2.05, 4.69) is 10.3 Å². The second-order valence-corrected chi connectivity index (χ2v) is 7.53. The first kappa shape index (κ1) is 19.8. The van der Waals surface area contributed by atoms with Gasteiger partial charge in [0.2, 0.25) is 0 Å². The van der Waals surface area contributed by atoms with Crippen LogP contribution in [0, 0.1) is 13.8 Å². The van der Waals surface area contributed by atoms with E-state index in [1.54, 1.807) is 4.90 Å². The molecule has 7 nitrogen and oxygen atoms in total. The molecule has 3 amide bonds. The minimum Gasteiger partial charge on any atom is -0.346 e. The summed E-state index contributed by atoms with van der Waals surface area (Å²) in [7, 11) is 0. The van der Waals surface area contributed by atoms with Gasteiger partial charge in [0.05, 0.1) is 16.8 Å². The third-order valence-corrected chi connectivity index (χ3v) is 4.86. The Bertz CT molecular complexity index is 931. The summed E-state index contributed by atoms with van der Waals surface area (Å²) in [5, 5.41) is 3.55. The van der Waals surface area contributed by atoms with Crippen LogP contribution in [0.1, 0.15) is 35.5 Å². The number of carbonyl (C=O) groups excluding carboxylic acids is 3. The maximum atomic E-state index is 13.0. The molecule has 2 aromatic rings. The van der Waals surface area contributed by atoms with E-state index in [0.29, 0.717) is 37.4 Å². The van der Waals surface area contributed by atoms with Crippen LogP contribution in [0.3, 0.4) is 0 Å². The minimum absolute atomic E-state index is 0.0906. The number of amides is 3. The Hall–Kier alpha value is -2.96. The Morgan fingerprint density at radius 2 is 1.64 bits per heavy atom. The smallest absolute Gasteiger partial charge is 0.312 e. The fraction of sp³-hybridized carbons (Fsp3) is 0.429. The number of aromatic nitrogens is 1. The van der Waals surface area contributed by atoms with Gasteiger partial charge in [0.1, 0.15) is 0 Å². The topological polar surface area (TPSA) is 82.6 Å². The largest absolute Gasteiger partial charge is 0.346 e. The van der Waals surface area contributed by atoms with Gasteiger partial charge >= 0.3 is 11.8 Å². The lowest BCUT2D eigenvalue weighted by molar-refractivity contribution is -0.147. The van der Waals surface area contributed by atoms with Gasteiger partial charge in [-0.1, -0.05) is 11.6 Å². The molecule has 0 atom stereocenters. The first-order valence-electron chi connectivity index (χ1n) is 9.53. The first-order chi connectivity index (χ1) is 13.3. The second kappa shape index (κ2) is 7.96. The molecule has 148 valence electrons. The number of rotatable bonds is 2. The number of pyridine rings is 1. The number of aryl methyl sites for hydroxylation is 2. The van der Waals surface area contributed by atoms with Crippen LogP contribution in [0.2, 0.25) is 0 Å². The van der Waals surface area contributed by atoms with Crippen LogP contribution in [0.5, 0.6) is 0 Å². The van der Waals surface area contributed by atoms with Crippen molar-refractivity contribution in [1.82, 2.24) is 20.1 Å². The van der Waals surface area contributed by atoms with Crippen molar-refractivity contribution in [3.8, 4) is 0 Å². The highest BCUT2D eigenvalue weighted by Crippen LogP contribution is 2.20. The Kier molecular flexibility index (Phi) is 5.63. The molecular formula is C21H26N4O3. The van der Waals surface area contributed by atoms with E-state index in [4.69, 9.17) is 0 Å². The third kappa shape index (κ3) is 4.13. The average molecular weight is 382 g/mol. The fourth-order valence-electron chi connectivity index (χ4n) is 3.36. The molecule has 1 N–H and O–H groups in total. The molecule has 1 aromatic carbocycles. The van der Waals surface area contributed by atoms with Crippen LogP contribution in [0.4, 0.5) is 0 Å². The molecule has 1 aliphatic heterocycles. The van der Waals surface area contributed by atoms with Crippen molar-refractivity contribution in [2.24, 2.45) is 0 Å². The fourth-order valence-corrected chi connectivity index (χ4v) is 3.36. The van der Waals surface area contributed by atoms with Gasteiger partial charge in [-0.2, -0.15) is 0 Å². The summed E-state index contributed by atoms with van der Waals surface area (Å²) in [6.07, 6.45) is 0. The van der Waals surface area contributed by atoms with Crippen LogP contribution < -0.4 is 5.32 Å². The van der Waals surface area contributed by atoms with Gasteiger partial charge in [0, 0.05) is 37.6 Å². The molecule has 28 heavy (non-hydrogen) atoms. The highest BCUT2D eigenvalue weighted by Gasteiger charge is 2.29. The zero-order valence-electron chi connectivity index (χ0n) is 16.8. The average Bonchev–Trinajstić information content (AvgIpc) is 2.66. The van der Waals surface area contributed by atoms with Crippen LogP contribution >= 0.6 is 0 Å². The van der Waals surface area contributed by atoms with E-state index in [-0.39, 0.29) is 11.9 Å². The molecular weight excluding hydrogens is 356 g/mol. The van der Waals surface area contributed by atoms with Crippen LogP contribution in [0.15, 0.2) is 24.3 Å². The number of piperazine rings is 1. The Morgan fingerprint density at radius 3 is 2.29 bits per heavy atom. The summed E-state index contributed by atoms with van der Waals surface area (Å²) in [6.45, 7) is 8.93. The van der Waals surface area contributed by atoms with Gasteiger partial charge in [-0.3, -0.25) is 19.4 Å². The van der Waals surface area contributed by atoms with E-state index >= 15 is 0 Å². The van der Waals surface area contributed by atoms with Gasteiger partial charge < -0.3 is 15.1 Å². The number of fused-ring (bicyclic) bond motifs is 1. The van der Waals surface area contributed by atoms with E-state index in [1.165, 1.54) is 4.90 Å². The van der Waals surface area contributed by atoms with Gasteiger partial charge in [-0.15, -0.1) is 0 Å². The summed E-state index contributed by atoms with van der Waals surface area (Å²) in [6, 6.07) is 7.77. The number of hydrogen-bond acceptors (Lipinski definition) is 4. The number of benzene rings is 1. The molecule has 1 aromatic heterocycles. The van der Waals surface area contributed by atoms with E-state index in [9.17, 15) is 14.4 Å². The van der Waals surface area contributed by atoms with Crippen molar-refractivity contribution in [3.63, 3.8) is 0 Å². The monoisotopic (exact) mass is 382 g/mol.